The first kappa shape index (κ1) is 20.2. The molecule has 2 aromatic heterocycles. The molecule has 0 saturated carbocycles. The minimum Gasteiger partial charge on any atom is -0.456 e. The van der Waals surface area contributed by atoms with E-state index in [0.717, 1.165) is 16.5 Å². The van der Waals surface area contributed by atoms with Crippen LogP contribution in [0.25, 0.3) is 22.6 Å². The maximum Gasteiger partial charge on any atom is 0.281 e. The van der Waals surface area contributed by atoms with Crippen molar-refractivity contribution in [2.75, 3.05) is 27.2 Å². The molecule has 0 bridgehead atoms. The van der Waals surface area contributed by atoms with E-state index in [0.29, 0.717) is 33.5 Å². The van der Waals surface area contributed by atoms with Gasteiger partial charge in [-0.1, -0.05) is 30.1 Å². The van der Waals surface area contributed by atoms with Gasteiger partial charge in [0.1, 0.15) is 15.7 Å². The summed E-state index contributed by atoms with van der Waals surface area (Å²) in [4.78, 5) is 16.6. The molecule has 0 aliphatic carbocycles. The molecule has 152 valence electrons. The summed E-state index contributed by atoms with van der Waals surface area (Å²) in [5, 5.41) is 3.38. The number of thiocarbonyl (C=S) groups is 1. The molecule has 0 aromatic carbocycles. The Morgan fingerprint density at radius 1 is 1.38 bits per heavy atom. The van der Waals surface area contributed by atoms with Gasteiger partial charge in [0, 0.05) is 56.6 Å². The number of pyridine rings is 1. The summed E-state index contributed by atoms with van der Waals surface area (Å²) in [6.07, 6.45) is 7.52. The van der Waals surface area contributed by atoms with Crippen LogP contribution in [0.2, 0.25) is 0 Å². The van der Waals surface area contributed by atoms with E-state index < -0.39 is 10.2 Å². The van der Waals surface area contributed by atoms with Crippen LogP contribution in [0.1, 0.15) is 17.7 Å². The second-order valence-electron chi connectivity index (χ2n) is 6.73. The first-order valence-corrected chi connectivity index (χ1v) is 11.4. The van der Waals surface area contributed by atoms with Gasteiger partial charge < -0.3 is 9.73 Å². The molecule has 1 amide bonds. The molecule has 8 nitrogen and oxygen atoms in total. The highest BCUT2D eigenvalue weighted by Gasteiger charge is 2.27. The quantitative estimate of drug-likeness (QED) is 0.564. The highest BCUT2D eigenvalue weighted by Crippen LogP contribution is 2.33. The number of fused-ring (bicyclic) bond motifs is 1. The lowest BCUT2D eigenvalue weighted by atomic mass is 10.0. The fourth-order valence-electron chi connectivity index (χ4n) is 3.17. The van der Waals surface area contributed by atoms with E-state index in [1.807, 2.05) is 12.1 Å². The topological polar surface area (TPSA) is 95.8 Å². The van der Waals surface area contributed by atoms with Crippen molar-refractivity contribution >= 4 is 67.0 Å². The molecule has 4 rings (SSSR count). The molecule has 1 fully saturated rings. The predicted octanol–water partition coefficient (Wildman–Crippen LogP) is 2.21. The Labute approximate surface area is 177 Å². The number of carbonyl (C=O) groups excluding carboxylic acids is 1. The smallest absolute Gasteiger partial charge is 0.281 e. The number of aromatic nitrogens is 1. The summed E-state index contributed by atoms with van der Waals surface area (Å²) < 4.78 is 33.7. The molecule has 2 aliphatic rings. The summed E-state index contributed by atoms with van der Waals surface area (Å²) in [5.74, 6) is 0.292. The van der Waals surface area contributed by atoms with Gasteiger partial charge >= 0.3 is 0 Å². The average Bonchev–Trinajstić information content (AvgIpc) is 3.23. The van der Waals surface area contributed by atoms with Crippen LogP contribution in [0, 0.1) is 0 Å². The maximum absolute atomic E-state index is 12.3. The third kappa shape index (κ3) is 3.88. The van der Waals surface area contributed by atoms with Crippen molar-refractivity contribution < 1.29 is 17.6 Å². The number of nitrogens with zero attached hydrogens (tertiary/aromatic N) is 3. The van der Waals surface area contributed by atoms with Crippen LogP contribution in [0.5, 0.6) is 0 Å². The molecule has 11 heteroatoms. The molecule has 0 unspecified atom stereocenters. The summed E-state index contributed by atoms with van der Waals surface area (Å²) in [5.41, 5.74) is 2.47. The average molecular weight is 451 g/mol. The zero-order valence-corrected chi connectivity index (χ0v) is 18.2. The van der Waals surface area contributed by atoms with Crippen molar-refractivity contribution in [1.29, 1.82) is 0 Å². The van der Waals surface area contributed by atoms with Crippen LogP contribution < -0.4 is 5.32 Å². The SMILES string of the molecule is CN(C)S(=O)(=O)N1CC=C(c2cncc3cc(/C=C4\SC(=S)NC4=O)oc23)CC1. The summed E-state index contributed by atoms with van der Waals surface area (Å²) in [6, 6.07) is 1.82. The number of hydrogen-bond donors (Lipinski definition) is 1. The lowest BCUT2D eigenvalue weighted by Gasteiger charge is -2.28. The number of nitrogens with one attached hydrogen (secondary N) is 1. The Hall–Kier alpha value is -2.05. The minimum atomic E-state index is -3.44. The molecule has 2 aromatic rings. The molecule has 2 aliphatic heterocycles. The number of hydrogen-bond acceptors (Lipinski definition) is 7. The Kier molecular flexibility index (Phi) is 5.34. The normalized spacial score (nSPS) is 20.0. The largest absolute Gasteiger partial charge is 0.456 e. The van der Waals surface area contributed by atoms with Crippen LogP contribution in [0.3, 0.4) is 0 Å². The van der Waals surface area contributed by atoms with E-state index in [1.54, 1.807) is 18.5 Å². The summed E-state index contributed by atoms with van der Waals surface area (Å²) in [6.45, 7) is 0.673. The van der Waals surface area contributed by atoms with Crippen LogP contribution in [0.15, 0.2) is 33.9 Å². The third-order valence-electron chi connectivity index (χ3n) is 4.66. The standard InChI is InChI=1S/C18H18N4O4S3/c1-21(2)29(24,25)22-5-3-11(4-6-22)14-10-19-9-12-7-13(26-16(12)14)8-15-17(23)20-18(27)28-15/h3,7-10H,4-6H2,1-2H3,(H,20,23,27)/b15-8-. The van der Waals surface area contributed by atoms with E-state index in [-0.39, 0.29) is 12.5 Å². The Balaban J connectivity index is 1.65. The molecule has 1 saturated heterocycles. The maximum atomic E-state index is 12.3. The highest BCUT2D eigenvalue weighted by atomic mass is 32.2. The van der Waals surface area contributed by atoms with Gasteiger partial charge in [-0.2, -0.15) is 17.0 Å². The van der Waals surface area contributed by atoms with Gasteiger partial charge in [-0.3, -0.25) is 9.78 Å². The van der Waals surface area contributed by atoms with Gasteiger partial charge in [-0.15, -0.1) is 0 Å². The minimum absolute atomic E-state index is 0.240. The van der Waals surface area contributed by atoms with Gasteiger partial charge in [0.25, 0.3) is 16.1 Å². The molecular formula is C18H18N4O4S3. The van der Waals surface area contributed by atoms with Crippen molar-refractivity contribution in [2.45, 2.75) is 6.42 Å². The second-order valence-corrected chi connectivity index (χ2v) is 10.6. The van der Waals surface area contributed by atoms with Crippen molar-refractivity contribution in [1.82, 2.24) is 18.9 Å². The van der Waals surface area contributed by atoms with Crippen LogP contribution in [-0.4, -0.2) is 59.4 Å². The summed E-state index contributed by atoms with van der Waals surface area (Å²) >= 11 is 6.20. The first-order valence-electron chi connectivity index (χ1n) is 8.75. The van der Waals surface area contributed by atoms with E-state index >= 15 is 0 Å². The van der Waals surface area contributed by atoms with E-state index in [1.165, 1.54) is 34.5 Å². The van der Waals surface area contributed by atoms with Gasteiger partial charge in [0.05, 0.1) is 4.91 Å². The molecule has 0 radical (unpaired) electrons. The predicted molar refractivity (Wildman–Crippen MR) is 117 cm³/mol. The number of thioether (sulfide) groups is 1. The van der Waals surface area contributed by atoms with E-state index in [9.17, 15) is 13.2 Å². The number of amides is 1. The Morgan fingerprint density at radius 3 is 2.79 bits per heavy atom. The van der Waals surface area contributed by atoms with Crippen LogP contribution in [0.4, 0.5) is 0 Å². The highest BCUT2D eigenvalue weighted by molar-refractivity contribution is 8.26. The molecule has 1 N–H and O–H groups in total. The molecule has 0 atom stereocenters. The van der Waals surface area contributed by atoms with Gasteiger partial charge in [-0.25, -0.2) is 0 Å². The summed E-state index contributed by atoms with van der Waals surface area (Å²) in [7, 11) is -0.399. The van der Waals surface area contributed by atoms with Gasteiger partial charge in [0.15, 0.2) is 0 Å². The Morgan fingerprint density at radius 2 is 2.17 bits per heavy atom. The van der Waals surface area contributed by atoms with Crippen molar-refractivity contribution in [3.8, 4) is 0 Å². The van der Waals surface area contributed by atoms with E-state index in [2.05, 4.69) is 10.3 Å². The van der Waals surface area contributed by atoms with Gasteiger partial charge in [-0.05, 0) is 18.1 Å². The van der Waals surface area contributed by atoms with Crippen molar-refractivity contribution in [3.63, 3.8) is 0 Å². The molecule has 4 heterocycles. The molecular weight excluding hydrogens is 432 g/mol. The van der Waals surface area contributed by atoms with Crippen LogP contribution >= 0.6 is 24.0 Å². The zero-order chi connectivity index (χ0) is 20.8. The number of rotatable bonds is 4. The van der Waals surface area contributed by atoms with Gasteiger partial charge in [0.2, 0.25) is 0 Å². The monoisotopic (exact) mass is 450 g/mol. The fraction of sp³-hybridized carbons (Fsp3) is 0.278. The lowest BCUT2D eigenvalue weighted by Crippen LogP contribution is -2.42. The number of furan rings is 1. The Bertz CT molecular complexity index is 1180. The molecule has 0 spiro atoms. The lowest BCUT2D eigenvalue weighted by molar-refractivity contribution is -0.115. The zero-order valence-electron chi connectivity index (χ0n) is 15.7. The van der Waals surface area contributed by atoms with E-state index in [4.69, 9.17) is 16.6 Å². The second kappa shape index (κ2) is 7.65. The number of carbonyl (C=O) groups is 1. The van der Waals surface area contributed by atoms with Crippen molar-refractivity contribution in [3.05, 3.63) is 40.8 Å². The van der Waals surface area contributed by atoms with Crippen molar-refractivity contribution in [2.24, 2.45) is 0 Å². The molecule has 29 heavy (non-hydrogen) atoms. The first-order chi connectivity index (χ1) is 13.8. The fourth-order valence-corrected chi connectivity index (χ4v) is 5.24. The third-order valence-corrected chi connectivity index (χ3v) is 7.73. The van der Waals surface area contributed by atoms with Crippen LogP contribution in [-0.2, 0) is 15.0 Å².